The third kappa shape index (κ3) is 5.42. The fourth-order valence-electron chi connectivity index (χ4n) is 6.67. The Bertz CT molecular complexity index is 2320. The number of hydrogen-bond donors (Lipinski definition) is 4. The number of ether oxygens (including phenoxy) is 2. The number of carbonyl (C=O) groups excluding carboxylic acids is 2. The van der Waals surface area contributed by atoms with Crippen LogP contribution in [0.4, 0.5) is 0 Å². The van der Waals surface area contributed by atoms with E-state index < -0.39 is 23.8 Å². The first-order chi connectivity index (χ1) is 24.2. The molecule has 0 fully saturated rings. The molecule has 0 aliphatic rings. The summed E-state index contributed by atoms with van der Waals surface area (Å²) >= 11 is 0. The van der Waals surface area contributed by atoms with E-state index in [-0.39, 0.29) is 40.7 Å². The molecule has 10 nitrogen and oxygen atoms in total. The Balaban J connectivity index is 1.42. The molecule has 0 aliphatic carbocycles. The largest absolute Gasteiger partial charge is 0.497 e. The molecule has 0 aliphatic heterocycles. The van der Waals surface area contributed by atoms with Crippen LogP contribution >= 0.6 is 0 Å². The second-order valence-corrected chi connectivity index (χ2v) is 11.8. The first-order valence-electron chi connectivity index (χ1n) is 15.7. The lowest BCUT2D eigenvalue weighted by Gasteiger charge is -2.20. The van der Waals surface area contributed by atoms with Gasteiger partial charge in [-0.15, -0.1) is 0 Å². The Labute approximate surface area is 285 Å². The van der Waals surface area contributed by atoms with Crippen LogP contribution in [-0.2, 0) is 13.1 Å². The number of methoxy groups -OCH3 is 2. The van der Waals surface area contributed by atoms with Crippen LogP contribution < -0.4 is 20.1 Å². The minimum atomic E-state index is -1.25. The van der Waals surface area contributed by atoms with E-state index in [1.807, 2.05) is 24.3 Å². The highest BCUT2D eigenvalue weighted by atomic mass is 16.5. The van der Waals surface area contributed by atoms with Crippen LogP contribution in [0.2, 0.25) is 0 Å². The van der Waals surface area contributed by atoms with Crippen LogP contribution in [0.5, 0.6) is 11.5 Å². The maximum absolute atomic E-state index is 14.0. The van der Waals surface area contributed by atoms with Crippen LogP contribution in [0.15, 0.2) is 97.1 Å². The predicted molar refractivity (Wildman–Crippen MR) is 190 cm³/mol. The van der Waals surface area contributed by atoms with Gasteiger partial charge in [-0.05, 0) is 92.0 Å². The molecule has 50 heavy (non-hydrogen) atoms. The topological polar surface area (TPSA) is 151 Å². The maximum atomic E-state index is 14.0. The highest BCUT2D eigenvalue weighted by molar-refractivity contribution is 6.38. The van der Waals surface area contributed by atoms with E-state index in [2.05, 4.69) is 10.6 Å². The number of aromatic carboxylic acids is 2. The molecule has 0 spiro atoms. The van der Waals surface area contributed by atoms with Crippen molar-refractivity contribution in [2.75, 3.05) is 14.2 Å². The quantitative estimate of drug-likeness (QED) is 0.0899. The third-order valence-corrected chi connectivity index (χ3v) is 9.08. The summed E-state index contributed by atoms with van der Waals surface area (Å²) in [6.45, 7) is 0.450. The average Bonchev–Trinajstić information content (AvgIpc) is 3.14. The van der Waals surface area contributed by atoms with E-state index >= 15 is 0 Å². The van der Waals surface area contributed by atoms with Crippen molar-refractivity contribution in [1.29, 1.82) is 0 Å². The molecule has 7 rings (SSSR count). The van der Waals surface area contributed by atoms with Gasteiger partial charge in [0.05, 0.1) is 25.3 Å². The summed E-state index contributed by atoms with van der Waals surface area (Å²) in [6.07, 6.45) is 0. The number of benzene rings is 7. The fourth-order valence-corrected chi connectivity index (χ4v) is 6.67. The number of fused-ring (bicyclic) bond motifs is 2. The smallest absolute Gasteiger partial charge is 0.336 e. The number of rotatable bonds is 10. The lowest BCUT2D eigenvalue weighted by atomic mass is 9.84. The van der Waals surface area contributed by atoms with Gasteiger partial charge in [-0.1, -0.05) is 48.5 Å². The monoisotopic (exact) mass is 666 g/mol. The van der Waals surface area contributed by atoms with Gasteiger partial charge in [0.2, 0.25) is 0 Å². The molecule has 7 aromatic carbocycles. The molecule has 0 aromatic heterocycles. The van der Waals surface area contributed by atoms with Gasteiger partial charge < -0.3 is 30.3 Å². The summed E-state index contributed by atoms with van der Waals surface area (Å²) in [7, 11) is 3.16. The van der Waals surface area contributed by atoms with Crippen LogP contribution in [0.3, 0.4) is 0 Å². The SMILES string of the molecule is COc1ccc(CNC(=O)c2ccc3c4ccc(C(=O)O)c5c(C(=O)O)ccc(c6ccc(C(=O)NCc7ccc(OC)cc7)c2c36)c54)cc1. The average molecular weight is 667 g/mol. The summed E-state index contributed by atoms with van der Waals surface area (Å²) in [4.78, 5) is 52.5. The van der Waals surface area contributed by atoms with E-state index in [9.17, 15) is 29.4 Å². The minimum Gasteiger partial charge on any atom is -0.497 e. The number of hydrogen-bond acceptors (Lipinski definition) is 6. The number of carboxylic acid groups (broad SMARTS) is 2. The van der Waals surface area contributed by atoms with E-state index in [4.69, 9.17) is 9.47 Å². The van der Waals surface area contributed by atoms with Crippen molar-refractivity contribution in [1.82, 2.24) is 10.6 Å². The zero-order chi connectivity index (χ0) is 35.1. The van der Waals surface area contributed by atoms with Crippen molar-refractivity contribution in [3.63, 3.8) is 0 Å². The molecule has 0 unspecified atom stereocenters. The predicted octanol–water partition coefficient (Wildman–Crippen LogP) is 7.01. The van der Waals surface area contributed by atoms with Gasteiger partial charge >= 0.3 is 11.9 Å². The Morgan fingerprint density at radius 3 is 1.10 bits per heavy atom. The highest BCUT2D eigenvalue weighted by Gasteiger charge is 2.25. The summed E-state index contributed by atoms with van der Waals surface area (Å²) in [5, 5.41) is 30.1. The molecular weight excluding hydrogens is 636 g/mol. The lowest BCUT2D eigenvalue weighted by Crippen LogP contribution is -2.26. The molecule has 7 aromatic rings. The van der Waals surface area contributed by atoms with E-state index in [0.29, 0.717) is 49.2 Å². The Morgan fingerprint density at radius 1 is 0.460 bits per heavy atom. The molecule has 248 valence electrons. The summed E-state index contributed by atoms with van der Waals surface area (Å²) in [5.74, 6) is -1.91. The normalized spacial score (nSPS) is 11.2. The molecule has 2 amide bonds. The van der Waals surface area contributed by atoms with Crippen LogP contribution in [0.25, 0.3) is 43.1 Å². The van der Waals surface area contributed by atoms with Crippen molar-refractivity contribution in [3.8, 4) is 11.5 Å². The molecular formula is C40H30N2O8. The molecule has 0 heterocycles. The van der Waals surface area contributed by atoms with Gasteiger partial charge in [0.1, 0.15) is 11.5 Å². The second-order valence-electron chi connectivity index (χ2n) is 11.8. The number of amides is 2. The van der Waals surface area contributed by atoms with E-state index in [1.165, 1.54) is 12.1 Å². The van der Waals surface area contributed by atoms with Gasteiger partial charge in [-0.25, -0.2) is 9.59 Å². The zero-order valence-corrected chi connectivity index (χ0v) is 27.0. The van der Waals surface area contributed by atoms with Crippen molar-refractivity contribution in [2.24, 2.45) is 0 Å². The summed E-state index contributed by atoms with van der Waals surface area (Å²) in [5.41, 5.74) is 1.99. The summed E-state index contributed by atoms with van der Waals surface area (Å²) < 4.78 is 10.5. The zero-order valence-electron chi connectivity index (χ0n) is 27.0. The second kappa shape index (κ2) is 12.7. The molecule has 4 N–H and O–H groups in total. The number of carbonyl (C=O) groups is 4. The van der Waals surface area contributed by atoms with E-state index in [0.717, 1.165) is 11.1 Å². The molecule has 0 saturated heterocycles. The first kappa shape index (κ1) is 31.9. The van der Waals surface area contributed by atoms with Crippen molar-refractivity contribution in [2.45, 2.75) is 13.1 Å². The van der Waals surface area contributed by atoms with Gasteiger partial charge in [-0.2, -0.15) is 0 Å². The molecule has 0 saturated carbocycles. The Hall–Kier alpha value is -6.68. The van der Waals surface area contributed by atoms with Crippen LogP contribution in [0, 0.1) is 0 Å². The fraction of sp³-hybridized carbons (Fsp3) is 0.100. The standard InChI is InChI=1S/C40H30N2O8/c1-49-23-7-3-21(4-8-23)19-41-37(43)29-15-11-25-27-13-17-31(39(45)46)36-32(40(47)48)18-14-28(34(27)36)26-12-16-30(35(29)33(25)26)38(44)42-20-22-5-9-24(50-2)10-6-22/h3-18H,19-20H2,1-2H3,(H,41,43)(H,42,44)(H,45,46)(H,47,48). The number of carboxylic acids is 2. The van der Waals surface area contributed by atoms with Gasteiger partial charge in [0, 0.05) is 35.0 Å². The van der Waals surface area contributed by atoms with Gasteiger partial charge in [0.25, 0.3) is 11.8 Å². The molecule has 0 atom stereocenters. The molecule has 0 radical (unpaired) electrons. The number of nitrogens with one attached hydrogen (secondary N) is 2. The third-order valence-electron chi connectivity index (χ3n) is 9.08. The van der Waals surface area contributed by atoms with Crippen LogP contribution in [-0.4, -0.2) is 48.2 Å². The highest BCUT2D eigenvalue weighted by Crippen LogP contribution is 2.44. The van der Waals surface area contributed by atoms with Crippen molar-refractivity contribution in [3.05, 3.63) is 130 Å². The lowest BCUT2D eigenvalue weighted by molar-refractivity contribution is 0.0695. The minimum absolute atomic E-state index is 0.112. The Kier molecular flexibility index (Phi) is 8.12. The first-order valence-corrected chi connectivity index (χ1v) is 15.7. The maximum Gasteiger partial charge on any atom is 0.336 e. The van der Waals surface area contributed by atoms with E-state index in [1.54, 1.807) is 74.9 Å². The van der Waals surface area contributed by atoms with Crippen molar-refractivity contribution >= 4 is 66.8 Å². The Morgan fingerprint density at radius 2 is 0.780 bits per heavy atom. The van der Waals surface area contributed by atoms with Crippen LogP contribution in [0.1, 0.15) is 52.6 Å². The summed E-state index contributed by atoms with van der Waals surface area (Å²) in [6, 6.07) is 27.5. The molecule has 0 bridgehead atoms. The van der Waals surface area contributed by atoms with Crippen molar-refractivity contribution < 1.29 is 38.9 Å². The molecule has 10 heteroatoms. The van der Waals surface area contributed by atoms with Gasteiger partial charge in [-0.3, -0.25) is 9.59 Å². The van der Waals surface area contributed by atoms with Gasteiger partial charge in [0.15, 0.2) is 0 Å².